The van der Waals surface area contributed by atoms with Crippen LogP contribution >= 0.6 is 0 Å². The van der Waals surface area contributed by atoms with Crippen LogP contribution < -0.4 is 4.74 Å². The van der Waals surface area contributed by atoms with Gasteiger partial charge in [0, 0.05) is 26.6 Å². The second kappa shape index (κ2) is 8.76. The van der Waals surface area contributed by atoms with Crippen LogP contribution in [0.5, 0.6) is 5.75 Å². The Balaban J connectivity index is 1.39. The van der Waals surface area contributed by atoms with Gasteiger partial charge in [0.2, 0.25) is 0 Å². The number of ether oxygens (including phenoxy) is 2. The van der Waals surface area contributed by atoms with Gasteiger partial charge in [-0.1, -0.05) is 19.1 Å². The van der Waals surface area contributed by atoms with Gasteiger partial charge < -0.3 is 19.5 Å². The Morgan fingerprint density at radius 1 is 1.31 bits per heavy atom. The molecule has 0 unspecified atom stereocenters. The van der Waals surface area contributed by atoms with Crippen molar-refractivity contribution in [2.75, 3.05) is 13.6 Å². The van der Waals surface area contributed by atoms with Gasteiger partial charge in [-0.15, -0.1) is 5.10 Å². The van der Waals surface area contributed by atoms with Crippen molar-refractivity contribution < 1.29 is 24.2 Å². The van der Waals surface area contributed by atoms with E-state index in [-0.39, 0.29) is 30.5 Å². The molecule has 32 heavy (non-hydrogen) atoms. The number of rotatable bonds is 8. The maximum absolute atomic E-state index is 12.2. The molecule has 4 atom stereocenters. The predicted molar refractivity (Wildman–Crippen MR) is 114 cm³/mol. The molecule has 0 spiro atoms. The SMILES string of the molecule is CC(C)CN(C)C(=O)OCc1c(-c2ccc(O[C@@H]3CC[C@H]4[C@@H](C(=O)O)[C@H]43)cn2)nnn1C. The smallest absolute Gasteiger partial charge is 0.409 e. The number of carbonyl (C=O) groups is 2. The van der Waals surface area contributed by atoms with E-state index in [2.05, 4.69) is 15.3 Å². The van der Waals surface area contributed by atoms with Crippen molar-refractivity contribution in [2.45, 2.75) is 39.4 Å². The van der Waals surface area contributed by atoms with Gasteiger partial charge in [0.15, 0.2) is 0 Å². The summed E-state index contributed by atoms with van der Waals surface area (Å²) in [6, 6.07) is 3.58. The zero-order valence-electron chi connectivity index (χ0n) is 18.8. The van der Waals surface area contributed by atoms with Crippen LogP contribution in [-0.2, 0) is 23.2 Å². The first-order chi connectivity index (χ1) is 15.3. The largest absolute Gasteiger partial charge is 0.488 e. The van der Waals surface area contributed by atoms with Gasteiger partial charge in [-0.05, 0) is 36.8 Å². The minimum absolute atomic E-state index is 0.0295. The number of carboxylic acids is 1. The lowest BCUT2D eigenvalue weighted by atomic mass is 10.1. The number of aliphatic carboxylic acids is 1. The van der Waals surface area contributed by atoms with Crippen LogP contribution in [0.3, 0.4) is 0 Å². The van der Waals surface area contributed by atoms with E-state index < -0.39 is 12.1 Å². The minimum atomic E-state index is -0.729. The summed E-state index contributed by atoms with van der Waals surface area (Å²) in [6.07, 6.45) is 2.89. The van der Waals surface area contributed by atoms with Crippen molar-refractivity contribution in [2.24, 2.45) is 30.7 Å². The molecule has 2 aromatic heterocycles. The summed E-state index contributed by atoms with van der Waals surface area (Å²) in [7, 11) is 3.44. The summed E-state index contributed by atoms with van der Waals surface area (Å²) in [5, 5.41) is 17.5. The number of pyridine rings is 1. The summed E-state index contributed by atoms with van der Waals surface area (Å²) in [5.74, 6) is 0.286. The number of hydrogen-bond acceptors (Lipinski definition) is 7. The van der Waals surface area contributed by atoms with E-state index in [1.54, 1.807) is 42.0 Å². The lowest BCUT2D eigenvalue weighted by Gasteiger charge is -2.19. The number of carboxylic acid groups (broad SMARTS) is 1. The van der Waals surface area contributed by atoms with Crippen molar-refractivity contribution in [1.29, 1.82) is 0 Å². The molecule has 2 aliphatic rings. The van der Waals surface area contributed by atoms with Crippen LogP contribution in [0, 0.1) is 23.7 Å². The van der Waals surface area contributed by atoms with Gasteiger partial charge in [-0.2, -0.15) is 0 Å². The minimum Gasteiger partial charge on any atom is -0.488 e. The molecule has 0 aliphatic heterocycles. The molecule has 2 heterocycles. The van der Waals surface area contributed by atoms with Crippen molar-refractivity contribution in [3.8, 4) is 17.1 Å². The number of nitrogens with zero attached hydrogens (tertiary/aromatic N) is 5. The molecule has 2 fully saturated rings. The van der Waals surface area contributed by atoms with Gasteiger partial charge >= 0.3 is 12.1 Å². The third-order valence-electron chi connectivity index (χ3n) is 6.22. The fraction of sp³-hybridized carbons (Fsp3) is 0.591. The molecule has 2 aliphatic carbocycles. The van der Waals surface area contributed by atoms with E-state index in [1.165, 1.54) is 0 Å². The molecule has 2 saturated carbocycles. The third kappa shape index (κ3) is 4.39. The van der Waals surface area contributed by atoms with Gasteiger partial charge in [0.1, 0.15) is 29.8 Å². The molecule has 2 aromatic rings. The van der Waals surface area contributed by atoms with Crippen molar-refractivity contribution in [3.05, 3.63) is 24.0 Å². The molecule has 1 amide bonds. The Morgan fingerprint density at radius 3 is 2.72 bits per heavy atom. The molecular weight excluding hydrogens is 414 g/mol. The van der Waals surface area contributed by atoms with Crippen LogP contribution in [0.15, 0.2) is 18.3 Å². The van der Waals surface area contributed by atoms with Gasteiger partial charge in [0.05, 0.1) is 17.8 Å². The van der Waals surface area contributed by atoms with Crippen molar-refractivity contribution in [1.82, 2.24) is 24.9 Å². The predicted octanol–water partition coefficient (Wildman–Crippen LogP) is 2.59. The molecule has 172 valence electrons. The molecule has 0 saturated heterocycles. The number of aryl methyl sites for hydroxylation is 1. The highest BCUT2D eigenvalue weighted by molar-refractivity contribution is 5.75. The first-order valence-electron chi connectivity index (χ1n) is 10.9. The van der Waals surface area contributed by atoms with Crippen molar-refractivity contribution in [3.63, 3.8) is 0 Å². The molecule has 0 aromatic carbocycles. The fourth-order valence-corrected chi connectivity index (χ4v) is 4.68. The highest BCUT2D eigenvalue weighted by Crippen LogP contribution is 2.58. The Labute approximate surface area is 186 Å². The number of amides is 1. The Hall–Kier alpha value is -3.17. The Bertz CT molecular complexity index is 989. The number of hydrogen-bond donors (Lipinski definition) is 1. The van der Waals surface area contributed by atoms with E-state index in [4.69, 9.17) is 9.47 Å². The maximum Gasteiger partial charge on any atom is 0.409 e. The van der Waals surface area contributed by atoms with E-state index in [1.807, 2.05) is 13.8 Å². The second-order valence-electron chi connectivity index (χ2n) is 9.06. The highest BCUT2D eigenvalue weighted by Gasteiger charge is 2.62. The van der Waals surface area contributed by atoms with Gasteiger partial charge in [-0.25, -0.2) is 9.48 Å². The second-order valence-corrected chi connectivity index (χ2v) is 9.06. The Kier molecular flexibility index (Phi) is 6.03. The summed E-state index contributed by atoms with van der Waals surface area (Å²) < 4.78 is 13.0. The monoisotopic (exact) mass is 443 g/mol. The average Bonchev–Trinajstić information content (AvgIpc) is 3.17. The molecule has 0 bridgehead atoms. The molecule has 10 heteroatoms. The molecule has 4 rings (SSSR count). The van der Waals surface area contributed by atoms with Crippen LogP contribution in [0.4, 0.5) is 4.79 Å². The van der Waals surface area contributed by atoms with E-state index >= 15 is 0 Å². The first kappa shape index (κ1) is 22.0. The number of fused-ring (bicyclic) bond motifs is 1. The summed E-state index contributed by atoms with van der Waals surface area (Å²) in [5.41, 5.74) is 1.76. The molecule has 0 radical (unpaired) electrons. The zero-order valence-corrected chi connectivity index (χ0v) is 18.8. The number of carbonyl (C=O) groups excluding carboxylic acids is 1. The van der Waals surface area contributed by atoms with Crippen LogP contribution in [0.2, 0.25) is 0 Å². The zero-order chi connectivity index (χ0) is 23.0. The third-order valence-corrected chi connectivity index (χ3v) is 6.22. The summed E-state index contributed by atoms with van der Waals surface area (Å²) in [4.78, 5) is 29.5. The van der Waals surface area contributed by atoms with Gasteiger partial charge in [0.25, 0.3) is 0 Å². The molecule has 10 nitrogen and oxygen atoms in total. The maximum atomic E-state index is 12.2. The van der Waals surface area contributed by atoms with Crippen molar-refractivity contribution >= 4 is 12.1 Å². The highest BCUT2D eigenvalue weighted by atomic mass is 16.6. The van der Waals surface area contributed by atoms with E-state index in [9.17, 15) is 14.7 Å². The standard InChI is InChI=1S/C22H29N5O5/c1-12(2)10-26(3)22(30)31-11-16-20(24-25-27(16)4)15-7-5-13(9-23-15)32-17-8-6-14-18(17)19(14)21(28)29/h5,7,9,12,14,17-19H,6,8,10-11H2,1-4H3,(H,28,29)/t14-,17-,18-,19-/m1/s1. The van der Waals surface area contributed by atoms with E-state index in [0.29, 0.717) is 35.3 Å². The molecular formula is C22H29N5O5. The lowest BCUT2D eigenvalue weighted by Crippen LogP contribution is -2.30. The first-order valence-corrected chi connectivity index (χ1v) is 10.9. The summed E-state index contributed by atoms with van der Waals surface area (Å²) in [6.45, 7) is 4.70. The lowest BCUT2D eigenvalue weighted by molar-refractivity contribution is -0.139. The molecule has 1 N–H and O–H groups in total. The van der Waals surface area contributed by atoms with Crippen LogP contribution in [0.1, 0.15) is 32.4 Å². The average molecular weight is 444 g/mol. The van der Waals surface area contributed by atoms with Gasteiger partial charge in [-0.3, -0.25) is 9.78 Å². The topological polar surface area (TPSA) is 120 Å². The quantitative estimate of drug-likeness (QED) is 0.661. The van der Waals surface area contributed by atoms with Crippen LogP contribution in [-0.4, -0.2) is 61.7 Å². The summed E-state index contributed by atoms with van der Waals surface area (Å²) >= 11 is 0. The van der Waals surface area contributed by atoms with Crippen LogP contribution in [0.25, 0.3) is 11.4 Å². The Morgan fingerprint density at radius 2 is 2.09 bits per heavy atom. The fourth-order valence-electron chi connectivity index (χ4n) is 4.68. The number of aromatic nitrogens is 4. The van der Waals surface area contributed by atoms with E-state index in [0.717, 1.165) is 12.8 Å². The normalized spacial score (nSPS) is 23.7.